The van der Waals surface area contributed by atoms with Crippen molar-refractivity contribution >= 4 is 17.3 Å². The van der Waals surface area contributed by atoms with Crippen LogP contribution in [0.1, 0.15) is 5.56 Å². The van der Waals surface area contributed by atoms with Crippen molar-refractivity contribution in [2.45, 2.75) is 6.54 Å². The van der Waals surface area contributed by atoms with E-state index in [1.54, 1.807) is 6.07 Å². The molecule has 0 aliphatic heterocycles. The Morgan fingerprint density at radius 1 is 1.50 bits per heavy atom. The number of benzene rings is 1. The average molecular weight is 209 g/mol. The SMILES string of the molecule is C#CCN(C)Cc1cc(N)cc(Cl)c1. The third-order valence-electron chi connectivity index (χ3n) is 1.79. The van der Waals surface area contributed by atoms with Crippen molar-refractivity contribution < 1.29 is 0 Å². The Morgan fingerprint density at radius 2 is 2.21 bits per heavy atom. The van der Waals surface area contributed by atoms with Gasteiger partial charge in [0.1, 0.15) is 0 Å². The summed E-state index contributed by atoms with van der Waals surface area (Å²) in [7, 11) is 1.96. The smallest absolute Gasteiger partial charge is 0.0599 e. The van der Waals surface area contributed by atoms with Crippen LogP contribution in [0.5, 0.6) is 0 Å². The number of terminal acetylenes is 1. The maximum atomic E-state index is 5.87. The summed E-state index contributed by atoms with van der Waals surface area (Å²) in [6.45, 7) is 1.38. The molecule has 0 atom stereocenters. The van der Waals surface area contributed by atoms with Gasteiger partial charge in [0.25, 0.3) is 0 Å². The van der Waals surface area contributed by atoms with Gasteiger partial charge in [-0.25, -0.2) is 0 Å². The van der Waals surface area contributed by atoms with Crippen LogP contribution in [0.25, 0.3) is 0 Å². The van der Waals surface area contributed by atoms with Crippen molar-refractivity contribution in [2.75, 3.05) is 19.3 Å². The molecule has 0 saturated heterocycles. The lowest BCUT2D eigenvalue weighted by molar-refractivity contribution is 0.369. The number of hydrogen-bond donors (Lipinski definition) is 1. The molecular weight excluding hydrogens is 196 g/mol. The summed E-state index contributed by atoms with van der Waals surface area (Å²) in [6, 6.07) is 5.52. The second-order valence-electron chi connectivity index (χ2n) is 3.27. The van der Waals surface area contributed by atoms with Crippen molar-refractivity contribution in [1.29, 1.82) is 0 Å². The van der Waals surface area contributed by atoms with Gasteiger partial charge in [-0.3, -0.25) is 4.90 Å². The molecule has 2 N–H and O–H groups in total. The molecular formula is C11H13ClN2. The van der Waals surface area contributed by atoms with Gasteiger partial charge in [0.05, 0.1) is 6.54 Å². The maximum absolute atomic E-state index is 5.87. The topological polar surface area (TPSA) is 29.3 Å². The van der Waals surface area contributed by atoms with Crippen LogP contribution >= 0.6 is 11.6 Å². The molecule has 0 spiro atoms. The molecule has 0 aliphatic rings. The van der Waals surface area contributed by atoms with E-state index in [-0.39, 0.29) is 0 Å². The van der Waals surface area contributed by atoms with Gasteiger partial charge in [0, 0.05) is 17.3 Å². The quantitative estimate of drug-likeness (QED) is 0.608. The Morgan fingerprint density at radius 3 is 2.79 bits per heavy atom. The minimum Gasteiger partial charge on any atom is -0.399 e. The highest BCUT2D eigenvalue weighted by Gasteiger charge is 2.00. The van der Waals surface area contributed by atoms with Crippen molar-refractivity contribution in [3.8, 4) is 12.3 Å². The lowest BCUT2D eigenvalue weighted by atomic mass is 10.2. The zero-order valence-corrected chi connectivity index (χ0v) is 8.88. The zero-order chi connectivity index (χ0) is 10.6. The average Bonchev–Trinajstić information content (AvgIpc) is 2.01. The summed E-state index contributed by atoms with van der Waals surface area (Å²) in [5, 5.41) is 0.661. The van der Waals surface area contributed by atoms with E-state index < -0.39 is 0 Å². The first-order valence-corrected chi connectivity index (χ1v) is 4.66. The van der Waals surface area contributed by atoms with E-state index in [1.165, 1.54) is 0 Å². The summed E-state index contributed by atoms with van der Waals surface area (Å²) in [4.78, 5) is 2.02. The zero-order valence-electron chi connectivity index (χ0n) is 8.13. The molecule has 0 saturated carbocycles. The van der Waals surface area contributed by atoms with Gasteiger partial charge < -0.3 is 5.73 Å². The van der Waals surface area contributed by atoms with Crippen LogP contribution in [-0.2, 0) is 6.54 Å². The van der Waals surface area contributed by atoms with Gasteiger partial charge in [-0.05, 0) is 30.8 Å². The lowest BCUT2D eigenvalue weighted by Gasteiger charge is -2.13. The molecule has 0 heterocycles. The van der Waals surface area contributed by atoms with Crippen LogP contribution in [0.15, 0.2) is 18.2 Å². The summed E-state index contributed by atoms with van der Waals surface area (Å²) in [5.41, 5.74) is 7.42. The van der Waals surface area contributed by atoms with Gasteiger partial charge in [-0.15, -0.1) is 6.42 Å². The molecule has 2 nitrogen and oxygen atoms in total. The van der Waals surface area contributed by atoms with Gasteiger partial charge in [0.2, 0.25) is 0 Å². The molecule has 1 aromatic carbocycles. The molecule has 74 valence electrons. The molecule has 1 rings (SSSR count). The van der Waals surface area contributed by atoms with Gasteiger partial charge >= 0.3 is 0 Å². The van der Waals surface area contributed by atoms with E-state index >= 15 is 0 Å². The third kappa shape index (κ3) is 3.29. The number of nitrogen functional groups attached to an aromatic ring is 1. The molecule has 0 radical (unpaired) electrons. The molecule has 1 aromatic rings. The Labute approximate surface area is 89.7 Å². The molecule has 0 fully saturated rings. The van der Waals surface area contributed by atoms with Crippen LogP contribution < -0.4 is 5.73 Å². The minimum atomic E-state index is 0.617. The Hall–Kier alpha value is -1.17. The summed E-state index contributed by atoms with van der Waals surface area (Å²) >= 11 is 5.87. The molecule has 0 aromatic heterocycles. The molecule has 0 amide bonds. The number of halogens is 1. The predicted octanol–water partition coefficient (Wildman–Crippen LogP) is 1.99. The normalized spacial score (nSPS) is 10.1. The third-order valence-corrected chi connectivity index (χ3v) is 2.01. The monoisotopic (exact) mass is 208 g/mol. The highest BCUT2D eigenvalue weighted by Crippen LogP contribution is 2.17. The highest BCUT2D eigenvalue weighted by molar-refractivity contribution is 6.30. The Kier molecular flexibility index (Phi) is 3.82. The number of hydrogen-bond acceptors (Lipinski definition) is 2. The fraction of sp³-hybridized carbons (Fsp3) is 0.273. The summed E-state index contributed by atoms with van der Waals surface area (Å²) in [5.74, 6) is 2.58. The Bertz CT molecular complexity index is 335. The van der Waals surface area contributed by atoms with Crippen LogP contribution in [0.3, 0.4) is 0 Å². The molecule has 14 heavy (non-hydrogen) atoms. The van der Waals surface area contributed by atoms with E-state index in [0.29, 0.717) is 17.3 Å². The second-order valence-corrected chi connectivity index (χ2v) is 3.71. The van der Waals surface area contributed by atoms with E-state index in [9.17, 15) is 0 Å². The van der Waals surface area contributed by atoms with E-state index in [1.807, 2.05) is 24.1 Å². The van der Waals surface area contributed by atoms with Crippen LogP contribution in [0.4, 0.5) is 5.69 Å². The fourth-order valence-corrected chi connectivity index (χ4v) is 1.56. The van der Waals surface area contributed by atoms with E-state index in [0.717, 1.165) is 12.1 Å². The highest BCUT2D eigenvalue weighted by atomic mass is 35.5. The summed E-state index contributed by atoms with van der Waals surface area (Å²) in [6.07, 6.45) is 5.20. The van der Waals surface area contributed by atoms with Gasteiger partial charge in [-0.2, -0.15) is 0 Å². The number of nitrogens with two attached hydrogens (primary N) is 1. The standard InChI is InChI=1S/C11H13ClN2/c1-3-4-14(2)8-9-5-10(12)7-11(13)6-9/h1,5-7H,4,8,13H2,2H3. The molecule has 0 unspecified atom stereocenters. The second kappa shape index (κ2) is 4.90. The predicted molar refractivity (Wildman–Crippen MR) is 61.0 cm³/mol. The van der Waals surface area contributed by atoms with Crippen LogP contribution in [-0.4, -0.2) is 18.5 Å². The first-order chi connectivity index (χ1) is 6.61. The van der Waals surface area contributed by atoms with E-state index in [4.69, 9.17) is 23.8 Å². The van der Waals surface area contributed by atoms with Gasteiger partial charge in [0.15, 0.2) is 0 Å². The fourth-order valence-electron chi connectivity index (χ4n) is 1.29. The first-order valence-electron chi connectivity index (χ1n) is 4.29. The van der Waals surface area contributed by atoms with Crippen molar-refractivity contribution in [2.24, 2.45) is 0 Å². The summed E-state index contributed by atoms with van der Waals surface area (Å²) < 4.78 is 0. The van der Waals surface area contributed by atoms with Crippen molar-refractivity contribution in [3.63, 3.8) is 0 Å². The first kappa shape index (κ1) is 10.9. The minimum absolute atomic E-state index is 0.617. The Balaban J connectivity index is 2.72. The number of rotatable bonds is 3. The van der Waals surface area contributed by atoms with Crippen molar-refractivity contribution in [3.05, 3.63) is 28.8 Å². The lowest BCUT2D eigenvalue weighted by Crippen LogP contribution is -2.17. The number of nitrogens with zero attached hydrogens (tertiary/aromatic N) is 1. The molecule has 0 aliphatic carbocycles. The number of anilines is 1. The molecule has 3 heteroatoms. The van der Waals surface area contributed by atoms with Gasteiger partial charge in [-0.1, -0.05) is 17.5 Å². The largest absolute Gasteiger partial charge is 0.399 e. The van der Waals surface area contributed by atoms with Crippen LogP contribution in [0, 0.1) is 12.3 Å². The maximum Gasteiger partial charge on any atom is 0.0599 e. The van der Waals surface area contributed by atoms with E-state index in [2.05, 4.69) is 5.92 Å². The van der Waals surface area contributed by atoms with Crippen molar-refractivity contribution in [1.82, 2.24) is 4.90 Å². The van der Waals surface area contributed by atoms with Crippen LogP contribution in [0.2, 0.25) is 5.02 Å². The molecule has 0 bridgehead atoms.